The van der Waals surface area contributed by atoms with Crippen LogP contribution in [0.2, 0.25) is 0 Å². The molecule has 23 heavy (non-hydrogen) atoms. The molecule has 1 N–H and O–H groups in total. The van der Waals surface area contributed by atoms with Gasteiger partial charge in [0.1, 0.15) is 11.5 Å². The highest BCUT2D eigenvalue weighted by Crippen LogP contribution is 2.23. The summed E-state index contributed by atoms with van der Waals surface area (Å²) in [6, 6.07) is 0. The van der Waals surface area contributed by atoms with E-state index in [4.69, 9.17) is 4.42 Å². The Morgan fingerprint density at radius 3 is 2.22 bits per heavy atom. The minimum atomic E-state index is -0.686. The molecule has 1 heterocycles. The second-order valence-corrected chi connectivity index (χ2v) is 7.18. The summed E-state index contributed by atoms with van der Waals surface area (Å²) in [5, 5.41) is 10.5. The van der Waals surface area contributed by atoms with Gasteiger partial charge >= 0.3 is 0 Å². The maximum atomic E-state index is 12.1. The second-order valence-electron chi connectivity index (χ2n) is 7.18. The van der Waals surface area contributed by atoms with Crippen molar-refractivity contribution in [1.82, 2.24) is 0 Å². The molecule has 0 spiro atoms. The lowest BCUT2D eigenvalue weighted by Crippen LogP contribution is -2.25. The highest BCUT2D eigenvalue weighted by Gasteiger charge is 2.21. The highest BCUT2D eigenvalue weighted by molar-refractivity contribution is 5.25. The van der Waals surface area contributed by atoms with Crippen molar-refractivity contribution < 1.29 is 9.52 Å². The molecular formula is C20H34O3. The van der Waals surface area contributed by atoms with Gasteiger partial charge in [0.15, 0.2) is 5.43 Å². The number of hydrogen-bond donors (Lipinski definition) is 1. The topological polar surface area (TPSA) is 50.4 Å². The Bertz CT molecular complexity index is 541. The first-order valence-electron chi connectivity index (χ1n) is 9.10. The zero-order chi connectivity index (χ0) is 17.5. The first-order valence-corrected chi connectivity index (χ1v) is 9.10. The van der Waals surface area contributed by atoms with Crippen LogP contribution in [0, 0.1) is 20.8 Å². The van der Waals surface area contributed by atoms with Gasteiger partial charge in [-0.1, -0.05) is 45.4 Å². The van der Waals surface area contributed by atoms with Crippen molar-refractivity contribution in [1.29, 1.82) is 0 Å². The van der Waals surface area contributed by atoms with E-state index in [-0.39, 0.29) is 5.43 Å². The van der Waals surface area contributed by atoms with E-state index >= 15 is 0 Å². The van der Waals surface area contributed by atoms with Crippen molar-refractivity contribution in [2.45, 2.75) is 98.0 Å². The minimum Gasteiger partial charge on any atom is -0.466 e. The van der Waals surface area contributed by atoms with Gasteiger partial charge in [-0.15, -0.1) is 0 Å². The van der Waals surface area contributed by atoms with E-state index in [9.17, 15) is 9.90 Å². The Morgan fingerprint density at radius 1 is 0.957 bits per heavy atom. The first-order chi connectivity index (χ1) is 10.8. The fraction of sp³-hybridized carbons (Fsp3) is 0.750. The molecule has 0 aliphatic carbocycles. The van der Waals surface area contributed by atoms with Crippen molar-refractivity contribution in [3.05, 3.63) is 32.9 Å². The molecule has 0 amide bonds. The molecule has 1 aromatic rings. The van der Waals surface area contributed by atoms with Crippen LogP contribution in [-0.4, -0.2) is 10.7 Å². The van der Waals surface area contributed by atoms with Crippen LogP contribution in [0.3, 0.4) is 0 Å². The first kappa shape index (κ1) is 20.0. The molecule has 1 aromatic heterocycles. The molecule has 0 unspecified atom stereocenters. The van der Waals surface area contributed by atoms with Crippen LogP contribution in [0.4, 0.5) is 0 Å². The van der Waals surface area contributed by atoms with E-state index in [0.717, 1.165) is 18.6 Å². The van der Waals surface area contributed by atoms with E-state index in [1.165, 1.54) is 32.1 Å². The molecule has 0 bridgehead atoms. The summed E-state index contributed by atoms with van der Waals surface area (Å²) >= 11 is 0. The van der Waals surface area contributed by atoms with Gasteiger partial charge < -0.3 is 9.52 Å². The van der Waals surface area contributed by atoms with Crippen LogP contribution >= 0.6 is 0 Å². The van der Waals surface area contributed by atoms with Gasteiger partial charge in [0.25, 0.3) is 0 Å². The van der Waals surface area contributed by atoms with Gasteiger partial charge in [-0.3, -0.25) is 4.79 Å². The smallest absolute Gasteiger partial charge is 0.191 e. The molecule has 1 atom stereocenters. The predicted molar refractivity (Wildman–Crippen MR) is 96.1 cm³/mol. The lowest BCUT2D eigenvalue weighted by atomic mass is 9.91. The van der Waals surface area contributed by atoms with Crippen LogP contribution in [0.25, 0.3) is 0 Å². The molecule has 3 nitrogen and oxygen atoms in total. The molecule has 132 valence electrons. The molecular weight excluding hydrogens is 288 g/mol. The summed E-state index contributed by atoms with van der Waals surface area (Å²) in [6.07, 6.45) is 9.44. The third kappa shape index (κ3) is 6.50. The number of rotatable bonds is 10. The molecule has 0 saturated heterocycles. The van der Waals surface area contributed by atoms with E-state index in [2.05, 4.69) is 6.92 Å². The zero-order valence-electron chi connectivity index (χ0n) is 15.6. The summed E-state index contributed by atoms with van der Waals surface area (Å²) in [7, 11) is 0. The number of hydrogen-bond acceptors (Lipinski definition) is 3. The van der Waals surface area contributed by atoms with E-state index in [0.29, 0.717) is 29.7 Å². The third-order valence-corrected chi connectivity index (χ3v) is 4.86. The normalized spacial score (nSPS) is 14.0. The van der Waals surface area contributed by atoms with Crippen molar-refractivity contribution in [3.63, 3.8) is 0 Å². The Hall–Kier alpha value is -1.09. The summed E-state index contributed by atoms with van der Waals surface area (Å²) in [5.74, 6) is 1.41. The Kier molecular flexibility index (Phi) is 8.04. The van der Waals surface area contributed by atoms with Gasteiger partial charge in [0.2, 0.25) is 0 Å². The van der Waals surface area contributed by atoms with Gasteiger partial charge in [-0.2, -0.15) is 0 Å². The Labute approximate surface area is 141 Å². The minimum absolute atomic E-state index is 0.0688. The lowest BCUT2D eigenvalue weighted by molar-refractivity contribution is 0.0380. The summed E-state index contributed by atoms with van der Waals surface area (Å²) < 4.78 is 5.77. The van der Waals surface area contributed by atoms with Crippen LogP contribution in [0.5, 0.6) is 0 Å². The van der Waals surface area contributed by atoms with Gasteiger partial charge in [-0.25, -0.2) is 0 Å². The van der Waals surface area contributed by atoms with Crippen molar-refractivity contribution in [2.75, 3.05) is 0 Å². The van der Waals surface area contributed by atoms with Gasteiger partial charge in [-0.05, 0) is 40.5 Å². The fourth-order valence-electron chi connectivity index (χ4n) is 2.94. The molecule has 3 heteroatoms. The maximum Gasteiger partial charge on any atom is 0.191 e. The number of aryl methyl sites for hydroxylation is 2. The van der Waals surface area contributed by atoms with Crippen LogP contribution < -0.4 is 5.43 Å². The molecule has 0 fully saturated rings. The van der Waals surface area contributed by atoms with Crippen molar-refractivity contribution in [2.24, 2.45) is 0 Å². The van der Waals surface area contributed by atoms with Gasteiger partial charge in [0.05, 0.1) is 5.60 Å². The number of unbranched alkanes of at least 4 members (excludes halogenated alkanes) is 5. The molecule has 0 aliphatic heterocycles. The predicted octanol–water partition coefficient (Wildman–Crippen LogP) is 5.00. The molecule has 0 saturated carbocycles. The second kappa shape index (κ2) is 9.27. The van der Waals surface area contributed by atoms with E-state index < -0.39 is 5.60 Å². The average molecular weight is 322 g/mol. The summed E-state index contributed by atoms with van der Waals surface area (Å²) in [4.78, 5) is 12.1. The maximum absolute atomic E-state index is 12.1. The Morgan fingerprint density at radius 2 is 1.57 bits per heavy atom. The van der Waals surface area contributed by atoms with Crippen molar-refractivity contribution in [3.8, 4) is 0 Å². The van der Waals surface area contributed by atoms with E-state index in [1.807, 2.05) is 20.8 Å². The molecule has 0 aliphatic rings. The molecule has 1 rings (SSSR count). The summed E-state index contributed by atoms with van der Waals surface area (Å²) in [6.45, 7) is 9.56. The van der Waals surface area contributed by atoms with Crippen molar-refractivity contribution >= 4 is 0 Å². The monoisotopic (exact) mass is 322 g/mol. The van der Waals surface area contributed by atoms with Crippen LogP contribution in [-0.2, 0) is 6.42 Å². The quantitative estimate of drug-likeness (QED) is 0.617. The standard InChI is InChI=1S/C20H34O3/c1-6-7-8-9-10-11-13-20(5,22)14-12-18-16(3)19(21)15(2)17(4)23-18/h22H,6-14H2,1-5H3/t20-/m0/s1. The molecule has 0 radical (unpaired) electrons. The van der Waals surface area contributed by atoms with E-state index in [1.54, 1.807) is 6.92 Å². The Balaban J connectivity index is 2.48. The van der Waals surface area contributed by atoms with Gasteiger partial charge in [0, 0.05) is 17.5 Å². The highest BCUT2D eigenvalue weighted by atomic mass is 16.3. The SMILES string of the molecule is CCCCCCCC[C@](C)(O)CCc1oc(C)c(C)c(=O)c1C. The molecule has 0 aromatic carbocycles. The van der Waals surface area contributed by atoms with Crippen LogP contribution in [0.1, 0.15) is 87.9 Å². The third-order valence-electron chi connectivity index (χ3n) is 4.86. The lowest BCUT2D eigenvalue weighted by Gasteiger charge is -2.23. The summed E-state index contributed by atoms with van der Waals surface area (Å²) in [5.41, 5.74) is 0.752. The number of aliphatic hydroxyl groups is 1. The fourth-order valence-corrected chi connectivity index (χ4v) is 2.94. The largest absolute Gasteiger partial charge is 0.466 e. The average Bonchev–Trinajstić information content (AvgIpc) is 2.51. The zero-order valence-corrected chi connectivity index (χ0v) is 15.6. The van der Waals surface area contributed by atoms with Crippen LogP contribution in [0.15, 0.2) is 9.21 Å².